The molecule has 0 fully saturated rings. The SMILES string of the molecule is Cc1ccc(-c2ccccc2C2C=Cc3cc(C)c(C)cc32)o1. The lowest BCUT2D eigenvalue weighted by Gasteiger charge is -2.16. The third-order valence-electron chi connectivity index (χ3n) is 4.80. The average Bonchev–Trinajstić information content (AvgIpc) is 3.14. The van der Waals surface area contributed by atoms with Crippen LogP contribution in [0.3, 0.4) is 0 Å². The Morgan fingerprint density at radius 3 is 2.39 bits per heavy atom. The Hall–Kier alpha value is -2.54. The predicted octanol–water partition coefficient (Wildman–Crippen LogP) is 6.03. The van der Waals surface area contributed by atoms with Gasteiger partial charge in [0.25, 0.3) is 0 Å². The van der Waals surface area contributed by atoms with Crippen molar-refractivity contribution >= 4 is 6.08 Å². The number of allylic oxidation sites excluding steroid dienone is 1. The fourth-order valence-corrected chi connectivity index (χ4v) is 3.42. The molecule has 23 heavy (non-hydrogen) atoms. The van der Waals surface area contributed by atoms with Crippen LogP contribution in [0.2, 0.25) is 0 Å². The number of furan rings is 1. The minimum Gasteiger partial charge on any atom is -0.461 e. The first kappa shape index (κ1) is 14.1. The molecule has 114 valence electrons. The number of rotatable bonds is 2. The first-order chi connectivity index (χ1) is 11.1. The van der Waals surface area contributed by atoms with Crippen molar-refractivity contribution in [3.8, 4) is 11.3 Å². The van der Waals surface area contributed by atoms with Crippen LogP contribution in [-0.2, 0) is 0 Å². The molecule has 1 atom stereocenters. The van der Waals surface area contributed by atoms with Gasteiger partial charge in [0.15, 0.2) is 0 Å². The van der Waals surface area contributed by atoms with Crippen LogP contribution in [0.4, 0.5) is 0 Å². The molecule has 0 saturated heterocycles. The van der Waals surface area contributed by atoms with E-state index >= 15 is 0 Å². The van der Waals surface area contributed by atoms with Crippen molar-refractivity contribution in [3.63, 3.8) is 0 Å². The molecule has 0 N–H and O–H groups in total. The number of aryl methyl sites for hydroxylation is 3. The van der Waals surface area contributed by atoms with Crippen molar-refractivity contribution in [1.82, 2.24) is 0 Å². The Morgan fingerprint density at radius 1 is 0.826 bits per heavy atom. The third-order valence-corrected chi connectivity index (χ3v) is 4.80. The molecular formula is C22H20O. The van der Waals surface area contributed by atoms with E-state index in [1.165, 1.54) is 33.4 Å². The van der Waals surface area contributed by atoms with E-state index in [1.54, 1.807) is 0 Å². The highest BCUT2D eigenvalue weighted by molar-refractivity contribution is 5.72. The minimum absolute atomic E-state index is 0.297. The lowest BCUT2D eigenvalue weighted by atomic mass is 9.87. The fourth-order valence-electron chi connectivity index (χ4n) is 3.42. The molecule has 0 radical (unpaired) electrons. The molecule has 0 aliphatic heterocycles. The summed E-state index contributed by atoms with van der Waals surface area (Å²) >= 11 is 0. The molecule has 1 nitrogen and oxygen atoms in total. The maximum absolute atomic E-state index is 5.88. The van der Waals surface area contributed by atoms with Gasteiger partial charge in [0, 0.05) is 11.5 Å². The first-order valence-electron chi connectivity index (χ1n) is 8.08. The van der Waals surface area contributed by atoms with Gasteiger partial charge in [0.05, 0.1) is 0 Å². The Bertz CT molecular complexity index is 911. The smallest absolute Gasteiger partial charge is 0.134 e. The molecule has 1 heteroatoms. The first-order valence-corrected chi connectivity index (χ1v) is 8.08. The monoisotopic (exact) mass is 300 g/mol. The Labute approximate surface area is 137 Å². The van der Waals surface area contributed by atoms with Crippen LogP contribution in [-0.4, -0.2) is 0 Å². The van der Waals surface area contributed by atoms with Crippen molar-refractivity contribution in [2.45, 2.75) is 26.7 Å². The Morgan fingerprint density at radius 2 is 1.61 bits per heavy atom. The van der Waals surface area contributed by atoms with E-state index < -0.39 is 0 Å². The second kappa shape index (κ2) is 5.27. The van der Waals surface area contributed by atoms with Crippen molar-refractivity contribution in [2.24, 2.45) is 0 Å². The maximum atomic E-state index is 5.88. The maximum Gasteiger partial charge on any atom is 0.134 e. The lowest BCUT2D eigenvalue weighted by Crippen LogP contribution is -1.99. The molecule has 4 rings (SSSR count). The summed E-state index contributed by atoms with van der Waals surface area (Å²) in [6, 6.07) is 17.3. The van der Waals surface area contributed by atoms with Crippen LogP contribution in [0.25, 0.3) is 17.4 Å². The highest BCUT2D eigenvalue weighted by Crippen LogP contribution is 2.41. The van der Waals surface area contributed by atoms with Gasteiger partial charge >= 0.3 is 0 Å². The van der Waals surface area contributed by atoms with Crippen molar-refractivity contribution in [2.75, 3.05) is 0 Å². The topological polar surface area (TPSA) is 13.1 Å². The standard InChI is InChI=1S/C22H20O/c1-14-12-17-9-10-19(21(17)13-15(14)2)18-6-4-5-7-20(18)22-11-8-16(3)23-22/h4-13,19H,1-3H3. The molecule has 0 bridgehead atoms. The number of benzene rings is 2. The van der Waals surface area contributed by atoms with Crippen LogP contribution in [0.15, 0.2) is 59.0 Å². The number of hydrogen-bond donors (Lipinski definition) is 0. The summed E-state index contributed by atoms with van der Waals surface area (Å²) in [7, 11) is 0. The zero-order chi connectivity index (χ0) is 16.0. The average molecular weight is 300 g/mol. The van der Waals surface area contributed by atoms with E-state index in [9.17, 15) is 0 Å². The van der Waals surface area contributed by atoms with Crippen LogP contribution >= 0.6 is 0 Å². The van der Waals surface area contributed by atoms with Gasteiger partial charge in [-0.1, -0.05) is 48.6 Å². The van der Waals surface area contributed by atoms with E-state index in [1.807, 2.05) is 13.0 Å². The predicted molar refractivity (Wildman–Crippen MR) is 95.7 cm³/mol. The fraction of sp³-hybridized carbons (Fsp3) is 0.182. The molecule has 2 aromatic carbocycles. The van der Waals surface area contributed by atoms with Gasteiger partial charge in [-0.25, -0.2) is 0 Å². The van der Waals surface area contributed by atoms with E-state index in [2.05, 4.69) is 68.5 Å². The quantitative estimate of drug-likeness (QED) is 0.563. The van der Waals surface area contributed by atoms with Crippen LogP contribution < -0.4 is 0 Å². The number of hydrogen-bond acceptors (Lipinski definition) is 1. The molecule has 0 saturated carbocycles. The Balaban J connectivity index is 1.86. The highest BCUT2D eigenvalue weighted by atomic mass is 16.3. The van der Waals surface area contributed by atoms with Crippen molar-refractivity contribution < 1.29 is 4.42 Å². The number of fused-ring (bicyclic) bond motifs is 1. The summed E-state index contributed by atoms with van der Waals surface area (Å²) in [5, 5.41) is 0. The summed E-state index contributed by atoms with van der Waals surface area (Å²) in [5.41, 5.74) is 7.92. The third kappa shape index (κ3) is 2.33. The molecule has 1 aromatic heterocycles. The van der Waals surface area contributed by atoms with E-state index in [0.29, 0.717) is 5.92 Å². The van der Waals surface area contributed by atoms with Crippen molar-refractivity contribution in [1.29, 1.82) is 0 Å². The van der Waals surface area contributed by atoms with Crippen LogP contribution in [0.1, 0.15) is 39.5 Å². The molecule has 1 aliphatic rings. The van der Waals surface area contributed by atoms with Gasteiger partial charge in [-0.15, -0.1) is 0 Å². The molecule has 0 spiro atoms. The molecule has 0 amide bonds. The van der Waals surface area contributed by atoms with Gasteiger partial charge in [-0.05, 0) is 60.7 Å². The summed E-state index contributed by atoms with van der Waals surface area (Å²) in [4.78, 5) is 0. The zero-order valence-electron chi connectivity index (χ0n) is 13.8. The minimum atomic E-state index is 0.297. The molecule has 3 aromatic rings. The van der Waals surface area contributed by atoms with Crippen LogP contribution in [0, 0.1) is 20.8 Å². The summed E-state index contributed by atoms with van der Waals surface area (Å²) in [5.74, 6) is 2.19. The van der Waals surface area contributed by atoms with E-state index in [-0.39, 0.29) is 0 Å². The molecule has 1 aliphatic carbocycles. The lowest BCUT2D eigenvalue weighted by molar-refractivity contribution is 0.547. The Kier molecular flexibility index (Phi) is 3.23. The van der Waals surface area contributed by atoms with Gasteiger partial charge in [-0.3, -0.25) is 0 Å². The normalized spacial score (nSPS) is 15.9. The van der Waals surface area contributed by atoms with Gasteiger partial charge < -0.3 is 4.42 Å². The zero-order valence-corrected chi connectivity index (χ0v) is 13.8. The van der Waals surface area contributed by atoms with Gasteiger partial charge in [-0.2, -0.15) is 0 Å². The summed E-state index contributed by atoms with van der Waals surface area (Å²) in [6.07, 6.45) is 4.55. The second-order valence-corrected chi connectivity index (χ2v) is 6.40. The molecule has 1 unspecified atom stereocenters. The van der Waals surface area contributed by atoms with E-state index in [4.69, 9.17) is 4.42 Å². The van der Waals surface area contributed by atoms with E-state index in [0.717, 1.165) is 11.5 Å². The highest BCUT2D eigenvalue weighted by Gasteiger charge is 2.23. The summed E-state index contributed by atoms with van der Waals surface area (Å²) < 4.78 is 5.88. The second-order valence-electron chi connectivity index (χ2n) is 6.40. The van der Waals surface area contributed by atoms with Crippen LogP contribution in [0.5, 0.6) is 0 Å². The summed E-state index contributed by atoms with van der Waals surface area (Å²) in [6.45, 7) is 6.35. The van der Waals surface area contributed by atoms with Gasteiger partial charge in [0.2, 0.25) is 0 Å². The molecule has 1 heterocycles. The largest absolute Gasteiger partial charge is 0.461 e. The van der Waals surface area contributed by atoms with Crippen molar-refractivity contribution in [3.05, 3.63) is 88.2 Å². The molecular weight excluding hydrogens is 280 g/mol. The van der Waals surface area contributed by atoms with Gasteiger partial charge in [0.1, 0.15) is 11.5 Å².